The SMILES string of the molecule is CN=C(NCc1ccccc1CS(=O)(=O)NC(C)C)NC1CN(C(C)C)CC1C.I. The van der Waals surface area contributed by atoms with Gasteiger partial charge < -0.3 is 10.6 Å². The molecule has 1 saturated heterocycles. The van der Waals surface area contributed by atoms with Crippen molar-refractivity contribution in [3.63, 3.8) is 0 Å². The average Bonchev–Trinajstić information content (AvgIpc) is 2.99. The van der Waals surface area contributed by atoms with E-state index in [1.165, 1.54) is 0 Å². The van der Waals surface area contributed by atoms with Crippen LogP contribution in [0, 0.1) is 5.92 Å². The zero-order valence-corrected chi connectivity index (χ0v) is 22.1. The van der Waals surface area contributed by atoms with E-state index in [1.54, 1.807) is 7.05 Å². The van der Waals surface area contributed by atoms with E-state index in [0.29, 0.717) is 24.5 Å². The predicted octanol–water partition coefficient (Wildman–Crippen LogP) is 2.53. The molecular weight excluding hydrogens is 513 g/mol. The van der Waals surface area contributed by atoms with Crippen LogP contribution in [0.5, 0.6) is 0 Å². The maximum Gasteiger partial charge on any atom is 0.216 e. The topological polar surface area (TPSA) is 85.8 Å². The second-order valence-electron chi connectivity index (χ2n) is 8.50. The molecule has 0 bridgehead atoms. The van der Waals surface area contributed by atoms with Crippen molar-refractivity contribution in [2.75, 3.05) is 20.1 Å². The number of sulfonamides is 1. The Morgan fingerprint density at radius 1 is 1.17 bits per heavy atom. The highest BCUT2D eigenvalue weighted by Crippen LogP contribution is 2.18. The molecule has 2 atom stereocenters. The molecule has 0 saturated carbocycles. The summed E-state index contributed by atoms with van der Waals surface area (Å²) < 4.78 is 27.3. The molecular formula is C21H38IN5O2S. The molecule has 1 aromatic carbocycles. The minimum Gasteiger partial charge on any atom is -0.352 e. The third-order valence-electron chi connectivity index (χ3n) is 5.24. The van der Waals surface area contributed by atoms with E-state index in [1.807, 2.05) is 38.1 Å². The van der Waals surface area contributed by atoms with Gasteiger partial charge in [0.1, 0.15) is 0 Å². The van der Waals surface area contributed by atoms with Gasteiger partial charge in [0.05, 0.1) is 5.75 Å². The fraction of sp³-hybridized carbons (Fsp3) is 0.667. The van der Waals surface area contributed by atoms with Crippen LogP contribution in [-0.4, -0.2) is 57.5 Å². The second-order valence-corrected chi connectivity index (χ2v) is 10.3. The maximum absolute atomic E-state index is 12.3. The maximum atomic E-state index is 12.3. The standard InChI is InChI=1S/C21H37N5O2S.HI/c1-15(2)25-29(27,28)14-19-10-8-7-9-18(19)11-23-21(22-6)24-20-13-26(16(3)4)12-17(20)5;/h7-10,15-17,20,25H,11-14H2,1-6H3,(H2,22,23,24);1H. The molecule has 0 aromatic heterocycles. The third kappa shape index (κ3) is 8.32. The zero-order valence-electron chi connectivity index (χ0n) is 19.0. The first-order valence-electron chi connectivity index (χ1n) is 10.4. The van der Waals surface area contributed by atoms with Crippen molar-refractivity contribution in [1.82, 2.24) is 20.3 Å². The highest BCUT2D eigenvalue weighted by atomic mass is 127. The highest BCUT2D eigenvalue weighted by Gasteiger charge is 2.31. The number of hydrogen-bond acceptors (Lipinski definition) is 4. The van der Waals surface area contributed by atoms with Gasteiger partial charge in [-0.15, -0.1) is 24.0 Å². The van der Waals surface area contributed by atoms with Crippen molar-refractivity contribution in [1.29, 1.82) is 0 Å². The van der Waals surface area contributed by atoms with Gasteiger partial charge in [0.2, 0.25) is 10.0 Å². The number of halogens is 1. The monoisotopic (exact) mass is 551 g/mol. The Bertz CT molecular complexity index is 798. The van der Waals surface area contributed by atoms with Crippen LogP contribution >= 0.6 is 24.0 Å². The number of nitrogens with zero attached hydrogens (tertiary/aromatic N) is 2. The van der Waals surface area contributed by atoms with E-state index in [9.17, 15) is 8.42 Å². The minimum atomic E-state index is -3.37. The molecule has 9 heteroatoms. The van der Waals surface area contributed by atoms with Gasteiger partial charge >= 0.3 is 0 Å². The van der Waals surface area contributed by atoms with Gasteiger partial charge in [0.25, 0.3) is 0 Å². The predicted molar refractivity (Wildman–Crippen MR) is 136 cm³/mol. The summed E-state index contributed by atoms with van der Waals surface area (Å²) in [6.45, 7) is 12.9. The first-order chi connectivity index (χ1) is 13.6. The number of nitrogens with one attached hydrogen (secondary N) is 3. The normalized spacial score (nSPS) is 20.5. The van der Waals surface area contributed by atoms with Gasteiger partial charge in [0.15, 0.2) is 5.96 Å². The summed E-state index contributed by atoms with van der Waals surface area (Å²) in [6, 6.07) is 8.39. The van der Waals surface area contributed by atoms with Crippen LogP contribution in [0.4, 0.5) is 0 Å². The molecule has 7 nitrogen and oxygen atoms in total. The lowest BCUT2D eigenvalue weighted by molar-refractivity contribution is 0.265. The Morgan fingerprint density at radius 2 is 1.80 bits per heavy atom. The van der Waals surface area contributed by atoms with Crippen molar-refractivity contribution in [2.24, 2.45) is 10.9 Å². The largest absolute Gasteiger partial charge is 0.352 e. The van der Waals surface area contributed by atoms with Crippen LogP contribution in [0.2, 0.25) is 0 Å². The number of hydrogen-bond donors (Lipinski definition) is 3. The van der Waals surface area contributed by atoms with E-state index in [-0.39, 0.29) is 35.8 Å². The van der Waals surface area contributed by atoms with E-state index >= 15 is 0 Å². The van der Waals surface area contributed by atoms with Crippen LogP contribution in [0.3, 0.4) is 0 Å². The average molecular weight is 552 g/mol. The highest BCUT2D eigenvalue weighted by molar-refractivity contribution is 14.0. The van der Waals surface area contributed by atoms with E-state index in [0.717, 1.165) is 30.2 Å². The van der Waals surface area contributed by atoms with Gasteiger partial charge in [-0.1, -0.05) is 31.2 Å². The van der Waals surface area contributed by atoms with E-state index in [4.69, 9.17) is 0 Å². The molecule has 1 heterocycles. The van der Waals surface area contributed by atoms with Crippen LogP contribution in [-0.2, 0) is 22.3 Å². The second kappa shape index (κ2) is 12.2. The summed E-state index contributed by atoms with van der Waals surface area (Å²) in [4.78, 5) is 6.83. The molecule has 1 aromatic rings. The van der Waals surface area contributed by atoms with E-state index < -0.39 is 10.0 Å². The number of guanidine groups is 1. The molecule has 0 aliphatic carbocycles. The molecule has 172 valence electrons. The fourth-order valence-electron chi connectivity index (χ4n) is 3.64. The van der Waals surface area contributed by atoms with Gasteiger partial charge in [-0.3, -0.25) is 9.89 Å². The molecule has 1 aliphatic heterocycles. The molecule has 1 fully saturated rings. The van der Waals surface area contributed by atoms with Crippen LogP contribution in [0.1, 0.15) is 45.7 Å². The molecule has 1 aliphatic rings. The third-order valence-corrected chi connectivity index (χ3v) is 6.76. The summed E-state index contributed by atoms with van der Waals surface area (Å²) in [7, 11) is -1.61. The Kier molecular flexibility index (Phi) is 11.0. The lowest BCUT2D eigenvalue weighted by Crippen LogP contribution is -2.46. The van der Waals surface area contributed by atoms with Crippen molar-refractivity contribution >= 4 is 40.0 Å². The van der Waals surface area contributed by atoms with Gasteiger partial charge in [-0.25, -0.2) is 13.1 Å². The Labute approximate surface area is 199 Å². The Hall–Kier alpha value is -0.910. The molecule has 0 spiro atoms. The fourth-order valence-corrected chi connectivity index (χ4v) is 5.13. The number of aliphatic imine (C=N–C) groups is 1. The molecule has 2 rings (SSSR count). The summed E-state index contributed by atoms with van der Waals surface area (Å²) in [5.74, 6) is 1.25. The molecule has 30 heavy (non-hydrogen) atoms. The summed E-state index contributed by atoms with van der Waals surface area (Å²) in [6.07, 6.45) is 0. The molecule has 3 N–H and O–H groups in total. The molecule has 0 amide bonds. The van der Waals surface area contributed by atoms with Crippen molar-refractivity contribution in [3.05, 3.63) is 35.4 Å². The molecule has 2 unspecified atom stereocenters. The van der Waals surface area contributed by atoms with Crippen molar-refractivity contribution in [3.8, 4) is 0 Å². The first kappa shape index (κ1) is 27.1. The van der Waals surface area contributed by atoms with E-state index in [2.05, 4.69) is 46.0 Å². The van der Waals surface area contributed by atoms with Crippen molar-refractivity contribution in [2.45, 2.75) is 65.0 Å². The number of rotatable bonds is 8. The first-order valence-corrected chi connectivity index (χ1v) is 12.0. The lowest BCUT2D eigenvalue weighted by Gasteiger charge is -2.22. The zero-order chi connectivity index (χ0) is 21.6. The Morgan fingerprint density at radius 3 is 2.33 bits per heavy atom. The van der Waals surface area contributed by atoms with Crippen molar-refractivity contribution < 1.29 is 8.42 Å². The van der Waals surface area contributed by atoms with Crippen LogP contribution in [0.25, 0.3) is 0 Å². The lowest BCUT2D eigenvalue weighted by atomic mass is 10.1. The minimum absolute atomic E-state index is 0. The summed E-state index contributed by atoms with van der Waals surface area (Å²) in [5.41, 5.74) is 1.75. The van der Waals surface area contributed by atoms with Gasteiger partial charge in [0, 0.05) is 44.8 Å². The smallest absolute Gasteiger partial charge is 0.216 e. The summed E-state index contributed by atoms with van der Waals surface area (Å²) >= 11 is 0. The quantitative estimate of drug-likeness (QED) is 0.263. The van der Waals surface area contributed by atoms with Crippen LogP contribution in [0.15, 0.2) is 29.3 Å². The Balaban J connectivity index is 0.00000450. The number of likely N-dealkylation sites (tertiary alicyclic amines) is 1. The summed E-state index contributed by atoms with van der Waals surface area (Å²) in [5, 5.41) is 6.88. The van der Waals surface area contributed by atoms with Crippen LogP contribution < -0.4 is 15.4 Å². The van der Waals surface area contributed by atoms with Gasteiger partial charge in [-0.2, -0.15) is 0 Å². The molecule has 0 radical (unpaired) electrons. The number of benzene rings is 1. The van der Waals surface area contributed by atoms with Gasteiger partial charge in [-0.05, 0) is 44.7 Å².